The molecule has 4 N–H and O–H groups in total. The number of rotatable bonds is 4. The Labute approximate surface area is 125 Å². The summed E-state index contributed by atoms with van der Waals surface area (Å²) in [5, 5.41) is 4.21. The van der Waals surface area contributed by atoms with Gasteiger partial charge in [-0.2, -0.15) is 4.98 Å². The van der Waals surface area contributed by atoms with Gasteiger partial charge in [0.05, 0.1) is 5.39 Å². The Morgan fingerprint density at radius 3 is 2.71 bits per heavy atom. The third-order valence-corrected chi connectivity index (χ3v) is 3.96. The molecule has 0 radical (unpaired) electrons. The van der Waals surface area contributed by atoms with Gasteiger partial charge in [-0.3, -0.25) is 5.43 Å². The van der Waals surface area contributed by atoms with Gasteiger partial charge in [0.15, 0.2) is 0 Å². The highest BCUT2D eigenvalue weighted by atomic mass is 32.1. The number of nitrogens with zero attached hydrogens (tertiary/aromatic N) is 2. The van der Waals surface area contributed by atoms with Crippen LogP contribution in [0.5, 0.6) is 0 Å². The van der Waals surface area contributed by atoms with Crippen LogP contribution in [0.15, 0.2) is 30.3 Å². The maximum absolute atomic E-state index is 12.9. The third-order valence-electron chi connectivity index (χ3n) is 3.02. The number of anilines is 2. The van der Waals surface area contributed by atoms with Crippen LogP contribution in [0.4, 0.5) is 16.2 Å². The summed E-state index contributed by atoms with van der Waals surface area (Å²) in [5.74, 6) is 6.23. The molecule has 3 rings (SSSR count). The number of nitrogen functional groups attached to an aromatic ring is 1. The minimum absolute atomic E-state index is 0.244. The maximum atomic E-state index is 12.9. The van der Waals surface area contributed by atoms with Crippen molar-refractivity contribution in [2.45, 2.75) is 13.5 Å². The van der Waals surface area contributed by atoms with Gasteiger partial charge in [-0.25, -0.2) is 15.2 Å². The molecule has 1 aromatic carbocycles. The number of aryl methyl sites for hydroxylation is 1. The minimum atomic E-state index is -0.244. The summed E-state index contributed by atoms with van der Waals surface area (Å²) in [7, 11) is 0. The van der Waals surface area contributed by atoms with Gasteiger partial charge in [-0.05, 0) is 30.7 Å². The first-order valence-corrected chi connectivity index (χ1v) is 7.20. The van der Waals surface area contributed by atoms with Crippen molar-refractivity contribution in [3.8, 4) is 0 Å². The highest BCUT2D eigenvalue weighted by Gasteiger charge is 2.10. The fourth-order valence-electron chi connectivity index (χ4n) is 2.03. The van der Waals surface area contributed by atoms with Crippen molar-refractivity contribution in [2.24, 2.45) is 5.84 Å². The van der Waals surface area contributed by atoms with Crippen molar-refractivity contribution < 1.29 is 4.39 Å². The highest BCUT2D eigenvalue weighted by Crippen LogP contribution is 2.29. The molecular weight excluding hydrogens is 289 g/mol. The van der Waals surface area contributed by atoms with E-state index in [1.807, 2.05) is 13.0 Å². The van der Waals surface area contributed by atoms with Crippen molar-refractivity contribution in [1.29, 1.82) is 0 Å². The summed E-state index contributed by atoms with van der Waals surface area (Å²) in [6.07, 6.45) is 0. The minimum Gasteiger partial charge on any atom is -0.365 e. The van der Waals surface area contributed by atoms with E-state index in [-0.39, 0.29) is 5.82 Å². The lowest BCUT2D eigenvalue weighted by Gasteiger charge is -2.08. The lowest BCUT2D eigenvalue weighted by Crippen LogP contribution is -2.12. The normalized spacial score (nSPS) is 10.8. The fourth-order valence-corrected chi connectivity index (χ4v) is 2.91. The van der Waals surface area contributed by atoms with Crippen LogP contribution >= 0.6 is 11.3 Å². The largest absolute Gasteiger partial charge is 0.365 e. The van der Waals surface area contributed by atoms with Crippen LogP contribution < -0.4 is 16.6 Å². The number of nitrogens with one attached hydrogen (secondary N) is 2. The molecule has 2 aromatic heterocycles. The second-order valence-electron chi connectivity index (χ2n) is 4.60. The molecule has 3 aromatic rings. The van der Waals surface area contributed by atoms with Crippen LogP contribution in [0.2, 0.25) is 0 Å². The molecule has 0 aliphatic carbocycles. The van der Waals surface area contributed by atoms with E-state index in [9.17, 15) is 4.39 Å². The highest BCUT2D eigenvalue weighted by molar-refractivity contribution is 7.18. The van der Waals surface area contributed by atoms with Crippen LogP contribution in [-0.4, -0.2) is 9.97 Å². The summed E-state index contributed by atoms with van der Waals surface area (Å²) in [6.45, 7) is 2.57. The van der Waals surface area contributed by atoms with Crippen molar-refractivity contribution >= 4 is 33.3 Å². The molecule has 0 saturated carbocycles. The van der Waals surface area contributed by atoms with Crippen molar-refractivity contribution in [2.75, 3.05) is 10.7 Å². The fraction of sp³-hybridized carbons (Fsp3) is 0.143. The Hall–Kier alpha value is -2.25. The van der Waals surface area contributed by atoms with E-state index in [4.69, 9.17) is 5.84 Å². The molecule has 0 aliphatic heterocycles. The van der Waals surface area contributed by atoms with Crippen molar-refractivity contribution in [3.05, 3.63) is 46.6 Å². The van der Waals surface area contributed by atoms with Gasteiger partial charge in [0.1, 0.15) is 16.5 Å². The van der Waals surface area contributed by atoms with Gasteiger partial charge < -0.3 is 5.32 Å². The molecule has 0 saturated heterocycles. The lowest BCUT2D eigenvalue weighted by atomic mass is 10.2. The van der Waals surface area contributed by atoms with Gasteiger partial charge in [0.2, 0.25) is 5.95 Å². The first kappa shape index (κ1) is 13.7. The van der Waals surface area contributed by atoms with Crippen LogP contribution in [-0.2, 0) is 6.54 Å². The Balaban J connectivity index is 1.90. The zero-order valence-corrected chi connectivity index (χ0v) is 12.2. The molecule has 5 nitrogen and oxygen atoms in total. The number of hydrazine groups is 1. The van der Waals surface area contributed by atoms with Crippen LogP contribution in [0, 0.1) is 12.7 Å². The average molecular weight is 303 g/mol. The maximum Gasteiger partial charge on any atom is 0.240 e. The standard InChI is InChI=1S/C14H14FN5S/c1-8-6-11-12(18-14(20-16)19-13(11)21-8)17-7-9-2-4-10(15)5-3-9/h2-6H,7,16H2,1H3,(H2,17,18,19,20). The molecule has 2 heterocycles. The molecule has 108 valence electrons. The molecule has 0 aliphatic rings. The van der Waals surface area contributed by atoms with Gasteiger partial charge in [0, 0.05) is 11.4 Å². The van der Waals surface area contributed by atoms with E-state index in [0.717, 1.165) is 20.7 Å². The Morgan fingerprint density at radius 2 is 2.00 bits per heavy atom. The first-order chi connectivity index (χ1) is 10.2. The van der Waals surface area contributed by atoms with E-state index in [1.54, 1.807) is 23.5 Å². The number of halogens is 1. The van der Waals surface area contributed by atoms with E-state index in [1.165, 1.54) is 12.1 Å². The SMILES string of the molecule is Cc1cc2c(NCc3ccc(F)cc3)nc(NN)nc2s1. The van der Waals surface area contributed by atoms with Gasteiger partial charge in [-0.1, -0.05) is 12.1 Å². The predicted octanol–water partition coefficient (Wildman–Crippen LogP) is 3.04. The van der Waals surface area contributed by atoms with Gasteiger partial charge in [0.25, 0.3) is 0 Å². The van der Waals surface area contributed by atoms with E-state index in [2.05, 4.69) is 20.7 Å². The molecule has 0 spiro atoms. The number of hydrogen-bond donors (Lipinski definition) is 3. The van der Waals surface area contributed by atoms with Crippen LogP contribution in [0.25, 0.3) is 10.2 Å². The van der Waals surface area contributed by atoms with Gasteiger partial charge in [-0.15, -0.1) is 11.3 Å². The summed E-state index contributed by atoms with van der Waals surface area (Å²) in [6, 6.07) is 8.39. The van der Waals surface area contributed by atoms with Crippen LogP contribution in [0.1, 0.15) is 10.4 Å². The van der Waals surface area contributed by atoms with Crippen LogP contribution in [0.3, 0.4) is 0 Å². The summed E-state index contributed by atoms with van der Waals surface area (Å²) >= 11 is 1.58. The molecule has 21 heavy (non-hydrogen) atoms. The zero-order valence-electron chi connectivity index (χ0n) is 11.4. The van der Waals surface area contributed by atoms with Crippen molar-refractivity contribution in [1.82, 2.24) is 9.97 Å². The number of fused-ring (bicyclic) bond motifs is 1. The quantitative estimate of drug-likeness (QED) is 0.510. The smallest absolute Gasteiger partial charge is 0.240 e. The van der Waals surface area contributed by atoms with E-state index in [0.29, 0.717) is 18.3 Å². The molecule has 7 heteroatoms. The molecule has 0 unspecified atom stereocenters. The second kappa shape index (κ2) is 5.63. The second-order valence-corrected chi connectivity index (χ2v) is 5.83. The van der Waals surface area contributed by atoms with Gasteiger partial charge >= 0.3 is 0 Å². The Bertz CT molecular complexity index is 769. The summed E-state index contributed by atoms with van der Waals surface area (Å²) in [5.41, 5.74) is 3.44. The molecule has 0 fully saturated rings. The molecule has 0 amide bonds. The number of nitrogens with two attached hydrogens (primary N) is 1. The number of thiophene rings is 1. The van der Waals surface area contributed by atoms with E-state index >= 15 is 0 Å². The molecular formula is C14H14FN5S. The Morgan fingerprint density at radius 1 is 1.24 bits per heavy atom. The predicted molar refractivity (Wildman–Crippen MR) is 83.7 cm³/mol. The number of aromatic nitrogens is 2. The lowest BCUT2D eigenvalue weighted by molar-refractivity contribution is 0.627. The average Bonchev–Trinajstić information content (AvgIpc) is 2.86. The number of hydrogen-bond acceptors (Lipinski definition) is 6. The summed E-state index contributed by atoms with van der Waals surface area (Å²) < 4.78 is 12.9. The molecule has 0 bridgehead atoms. The van der Waals surface area contributed by atoms with E-state index < -0.39 is 0 Å². The summed E-state index contributed by atoms with van der Waals surface area (Å²) in [4.78, 5) is 10.7. The molecule has 0 atom stereocenters. The third kappa shape index (κ3) is 2.93. The Kier molecular flexibility index (Phi) is 3.68. The van der Waals surface area contributed by atoms with Crippen molar-refractivity contribution in [3.63, 3.8) is 0 Å². The first-order valence-electron chi connectivity index (χ1n) is 6.39. The topological polar surface area (TPSA) is 75.9 Å². The monoisotopic (exact) mass is 303 g/mol. The zero-order chi connectivity index (χ0) is 14.8. The number of benzene rings is 1.